The number of carbonyl (C=O) groups excluding carboxylic acids is 1. The number of aryl methyl sites for hydroxylation is 1. The Morgan fingerprint density at radius 3 is 2.65 bits per heavy atom. The lowest BCUT2D eigenvalue weighted by Gasteiger charge is -2.21. The maximum atomic E-state index is 13.6. The number of nitrogens with one attached hydrogen (secondary N) is 1. The summed E-state index contributed by atoms with van der Waals surface area (Å²) in [5.74, 6) is -0.357. The second kappa shape index (κ2) is 8.31. The number of pyridine rings is 1. The molecule has 1 amide bonds. The molecular formula is C25H21ClN6O2. The van der Waals surface area contributed by atoms with Crippen LogP contribution in [0.3, 0.4) is 0 Å². The van der Waals surface area contributed by atoms with E-state index in [4.69, 9.17) is 17.3 Å². The minimum atomic E-state index is -0.553. The lowest BCUT2D eigenvalue weighted by Crippen LogP contribution is -2.32. The van der Waals surface area contributed by atoms with E-state index in [2.05, 4.69) is 15.4 Å². The van der Waals surface area contributed by atoms with Crippen LogP contribution in [0.1, 0.15) is 34.7 Å². The zero-order valence-electron chi connectivity index (χ0n) is 18.5. The molecule has 0 fully saturated rings. The highest BCUT2D eigenvalue weighted by molar-refractivity contribution is 6.35. The number of benzene rings is 2. The van der Waals surface area contributed by atoms with Crippen LogP contribution in [0.15, 0.2) is 71.7 Å². The third kappa shape index (κ3) is 3.58. The summed E-state index contributed by atoms with van der Waals surface area (Å²) in [6, 6.07) is 17.6. The van der Waals surface area contributed by atoms with Crippen LogP contribution >= 0.6 is 11.6 Å². The molecule has 5 aromatic rings. The molecular weight excluding hydrogens is 452 g/mol. The number of amides is 1. The summed E-state index contributed by atoms with van der Waals surface area (Å²) in [4.78, 5) is 31.3. The average molecular weight is 473 g/mol. The summed E-state index contributed by atoms with van der Waals surface area (Å²) in [6.45, 7) is 3.63. The lowest BCUT2D eigenvalue weighted by molar-refractivity contribution is 0.0941. The molecule has 8 nitrogen and oxygen atoms in total. The predicted octanol–water partition coefficient (Wildman–Crippen LogP) is 4.07. The van der Waals surface area contributed by atoms with E-state index < -0.39 is 11.9 Å². The Bertz CT molecular complexity index is 1620. The molecule has 1 atom stereocenters. The number of aromatic nitrogens is 4. The molecule has 0 aliphatic rings. The van der Waals surface area contributed by atoms with Crippen molar-refractivity contribution < 1.29 is 4.79 Å². The van der Waals surface area contributed by atoms with Gasteiger partial charge in [0.05, 0.1) is 16.5 Å². The van der Waals surface area contributed by atoms with Gasteiger partial charge in [-0.15, -0.1) is 5.10 Å². The first-order valence-electron chi connectivity index (χ1n) is 10.7. The Balaban J connectivity index is 1.63. The topological polar surface area (TPSA) is 107 Å². The van der Waals surface area contributed by atoms with Crippen molar-refractivity contribution in [2.75, 3.05) is 5.73 Å². The largest absolute Gasteiger partial charge is 0.381 e. The summed E-state index contributed by atoms with van der Waals surface area (Å²) in [5.41, 5.74) is 8.34. The number of hydrogen-bond donors (Lipinski definition) is 2. The first kappa shape index (κ1) is 21.7. The third-order valence-electron chi connectivity index (χ3n) is 5.71. The lowest BCUT2D eigenvalue weighted by atomic mass is 10.1. The molecule has 0 aliphatic heterocycles. The second-order valence-electron chi connectivity index (χ2n) is 8.04. The van der Waals surface area contributed by atoms with E-state index >= 15 is 0 Å². The number of rotatable bonds is 4. The minimum absolute atomic E-state index is 0.0774. The van der Waals surface area contributed by atoms with E-state index in [0.717, 1.165) is 5.69 Å². The summed E-state index contributed by atoms with van der Waals surface area (Å²) < 4.78 is 3.04. The molecule has 0 spiro atoms. The van der Waals surface area contributed by atoms with Crippen molar-refractivity contribution in [1.82, 2.24) is 24.5 Å². The Morgan fingerprint density at radius 1 is 1.12 bits per heavy atom. The molecule has 3 heterocycles. The van der Waals surface area contributed by atoms with E-state index in [-0.39, 0.29) is 16.9 Å². The average Bonchev–Trinajstić information content (AvgIpc) is 3.14. The zero-order valence-corrected chi connectivity index (χ0v) is 19.2. The zero-order chi connectivity index (χ0) is 24.0. The maximum absolute atomic E-state index is 13.6. The highest BCUT2D eigenvalue weighted by Gasteiger charge is 2.24. The summed E-state index contributed by atoms with van der Waals surface area (Å²) in [5, 5.41) is 8.63. The maximum Gasteiger partial charge on any atom is 0.264 e. The number of para-hydroxylation sites is 1. The summed E-state index contributed by atoms with van der Waals surface area (Å²) >= 11 is 6.38. The molecule has 0 saturated heterocycles. The molecule has 0 saturated carbocycles. The van der Waals surface area contributed by atoms with Crippen molar-refractivity contribution in [2.45, 2.75) is 19.9 Å². The van der Waals surface area contributed by atoms with Gasteiger partial charge in [0.25, 0.3) is 11.5 Å². The van der Waals surface area contributed by atoms with Crippen LogP contribution in [-0.2, 0) is 0 Å². The predicted molar refractivity (Wildman–Crippen MR) is 133 cm³/mol. The number of carbonyl (C=O) groups is 1. The number of anilines is 1. The van der Waals surface area contributed by atoms with Gasteiger partial charge in [0.2, 0.25) is 0 Å². The van der Waals surface area contributed by atoms with E-state index in [9.17, 15) is 9.59 Å². The Hall–Kier alpha value is -4.17. The van der Waals surface area contributed by atoms with Gasteiger partial charge in [-0.3, -0.25) is 14.2 Å². The van der Waals surface area contributed by atoms with Crippen molar-refractivity contribution in [2.24, 2.45) is 0 Å². The van der Waals surface area contributed by atoms with E-state index in [0.29, 0.717) is 32.8 Å². The molecule has 0 radical (unpaired) electrons. The highest BCUT2D eigenvalue weighted by Crippen LogP contribution is 2.26. The van der Waals surface area contributed by atoms with Gasteiger partial charge in [0.1, 0.15) is 5.56 Å². The Labute approximate surface area is 199 Å². The monoisotopic (exact) mass is 472 g/mol. The van der Waals surface area contributed by atoms with Gasteiger partial charge < -0.3 is 11.1 Å². The molecule has 3 N–H and O–H groups in total. The van der Waals surface area contributed by atoms with E-state index in [1.54, 1.807) is 29.0 Å². The number of nitrogens with zero attached hydrogens (tertiary/aromatic N) is 4. The van der Waals surface area contributed by atoms with Crippen LogP contribution in [0, 0.1) is 6.92 Å². The van der Waals surface area contributed by atoms with Gasteiger partial charge in [-0.25, -0.2) is 9.50 Å². The fourth-order valence-corrected chi connectivity index (χ4v) is 4.36. The van der Waals surface area contributed by atoms with Crippen molar-refractivity contribution in [1.29, 1.82) is 0 Å². The summed E-state index contributed by atoms with van der Waals surface area (Å²) in [7, 11) is 0. The molecule has 9 heteroatoms. The molecule has 1 unspecified atom stereocenters. The first-order valence-corrected chi connectivity index (χ1v) is 11.0. The Kier molecular flexibility index (Phi) is 5.30. The van der Waals surface area contributed by atoms with Gasteiger partial charge >= 0.3 is 0 Å². The van der Waals surface area contributed by atoms with Crippen LogP contribution in [0.25, 0.3) is 22.1 Å². The molecule has 34 heavy (non-hydrogen) atoms. The molecule has 2 aromatic carbocycles. The van der Waals surface area contributed by atoms with Crippen LogP contribution < -0.4 is 16.6 Å². The highest BCUT2D eigenvalue weighted by atomic mass is 35.5. The van der Waals surface area contributed by atoms with Crippen molar-refractivity contribution in [3.8, 4) is 5.69 Å². The molecule has 0 bridgehead atoms. The molecule has 170 valence electrons. The molecule has 3 aromatic heterocycles. The number of nitrogens with two attached hydrogens (primary N) is 1. The van der Waals surface area contributed by atoms with Crippen LogP contribution in [0.2, 0.25) is 5.02 Å². The number of halogens is 1. The minimum Gasteiger partial charge on any atom is -0.381 e. The van der Waals surface area contributed by atoms with Crippen molar-refractivity contribution >= 4 is 39.7 Å². The van der Waals surface area contributed by atoms with E-state index in [1.807, 2.05) is 56.3 Å². The van der Waals surface area contributed by atoms with Crippen LogP contribution in [-0.4, -0.2) is 25.1 Å². The van der Waals surface area contributed by atoms with Gasteiger partial charge in [-0.05, 0) is 49.6 Å². The summed E-state index contributed by atoms with van der Waals surface area (Å²) in [6.07, 6.45) is 1.70. The number of fused-ring (bicyclic) bond motifs is 2. The normalized spacial score (nSPS) is 12.2. The Morgan fingerprint density at radius 2 is 1.88 bits per heavy atom. The second-order valence-corrected chi connectivity index (χ2v) is 8.45. The smallest absolute Gasteiger partial charge is 0.264 e. The molecule has 0 aliphatic carbocycles. The van der Waals surface area contributed by atoms with Crippen molar-refractivity contribution in [3.63, 3.8) is 0 Å². The third-order valence-corrected chi connectivity index (χ3v) is 6.02. The number of nitrogen functional groups attached to an aromatic ring is 1. The van der Waals surface area contributed by atoms with Gasteiger partial charge in [0, 0.05) is 23.3 Å². The first-order chi connectivity index (χ1) is 16.3. The van der Waals surface area contributed by atoms with Crippen molar-refractivity contribution in [3.05, 3.63) is 99.2 Å². The van der Waals surface area contributed by atoms with E-state index in [1.165, 1.54) is 4.52 Å². The molecule has 5 rings (SSSR count). The van der Waals surface area contributed by atoms with Gasteiger partial charge in [0.15, 0.2) is 11.5 Å². The quantitative estimate of drug-likeness (QED) is 0.410. The fourth-order valence-electron chi connectivity index (χ4n) is 4.10. The SMILES string of the molecule is Cc1ccn2nc(N)c(C(=O)NC(C)c3cc4cccc(Cl)c4c(=O)n3-c3ccccc3)c2n1. The van der Waals surface area contributed by atoms with Crippen LogP contribution in [0.4, 0.5) is 5.82 Å². The standard InChI is InChI=1S/C25H21ClN6O2/c1-14-11-12-31-23(28-14)21(22(27)30-31)24(33)29-15(2)19-13-16-7-6-10-18(26)20(16)25(34)32(19)17-8-4-3-5-9-17/h3-13,15H,1-2H3,(H2,27,30)(H,29,33). The number of hydrogen-bond acceptors (Lipinski definition) is 5. The van der Waals surface area contributed by atoms with Gasteiger partial charge in [-0.1, -0.05) is 41.9 Å². The van der Waals surface area contributed by atoms with Gasteiger partial charge in [-0.2, -0.15) is 0 Å². The van der Waals surface area contributed by atoms with Crippen LogP contribution in [0.5, 0.6) is 0 Å². The fraction of sp³-hybridized carbons (Fsp3) is 0.120.